The summed E-state index contributed by atoms with van der Waals surface area (Å²) in [5.74, 6) is 0. The number of allylic oxidation sites excluding steroid dienone is 2. The molecule has 0 aliphatic rings. The average molecular weight is 144 g/mol. The Morgan fingerprint density at radius 3 is 2.40 bits per heavy atom. The monoisotopic (exact) mass is 144 g/mol. The van der Waals surface area contributed by atoms with Gasteiger partial charge < -0.3 is 10.2 Å². The Morgan fingerprint density at radius 2 is 2.00 bits per heavy atom. The van der Waals surface area contributed by atoms with E-state index in [9.17, 15) is 0 Å². The molecular formula is C8H16O2. The van der Waals surface area contributed by atoms with E-state index in [2.05, 4.69) is 0 Å². The predicted octanol–water partition coefficient (Wildman–Crippen LogP) is 1.08. The fraction of sp³-hybridized carbons (Fsp3) is 0.750. The van der Waals surface area contributed by atoms with E-state index in [1.54, 1.807) is 6.92 Å². The molecule has 2 atom stereocenters. The molecule has 0 spiro atoms. The van der Waals surface area contributed by atoms with Gasteiger partial charge in [0.05, 0.1) is 12.2 Å². The van der Waals surface area contributed by atoms with Crippen LogP contribution in [0.25, 0.3) is 0 Å². The van der Waals surface area contributed by atoms with Gasteiger partial charge in [-0.15, -0.1) is 0 Å². The highest BCUT2D eigenvalue weighted by Gasteiger charge is 2.08. The number of aliphatic hydroxyl groups excluding tert-OH is 2. The van der Waals surface area contributed by atoms with Crippen molar-refractivity contribution in [3.05, 3.63) is 12.2 Å². The third-order valence-corrected chi connectivity index (χ3v) is 1.42. The van der Waals surface area contributed by atoms with Crippen LogP contribution in [0.15, 0.2) is 12.2 Å². The molecule has 2 heteroatoms. The van der Waals surface area contributed by atoms with Crippen LogP contribution in [-0.2, 0) is 0 Å². The van der Waals surface area contributed by atoms with Crippen LogP contribution < -0.4 is 0 Å². The summed E-state index contributed by atoms with van der Waals surface area (Å²) < 4.78 is 0. The Hall–Kier alpha value is -0.340. The molecule has 2 N–H and O–H groups in total. The summed E-state index contributed by atoms with van der Waals surface area (Å²) in [6.07, 6.45) is 4.21. The summed E-state index contributed by atoms with van der Waals surface area (Å²) >= 11 is 0. The predicted molar refractivity (Wildman–Crippen MR) is 41.7 cm³/mol. The van der Waals surface area contributed by atoms with Crippen LogP contribution in [0.2, 0.25) is 0 Å². The van der Waals surface area contributed by atoms with Gasteiger partial charge in [0.15, 0.2) is 0 Å². The van der Waals surface area contributed by atoms with Gasteiger partial charge in [0.25, 0.3) is 0 Å². The quantitative estimate of drug-likeness (QED) is 0.580. The van der Waals surface area contributed by atoms with E-state index in [4.69, 9.17) is 10.2 Å². The zero-order valence-corrected chi connectivity index (χ0v) is 6.62. The molecule has 2 unspecified atom stereocenters. The lowest BCUT2D eigenvalue weighted by Gasteiger charge is -2.11. The fourth-order valence-corrected chi connectivity index (χ4v) is 0.675. The van der Waals surface area contributed by atoms with Gasteiger partial charge >= 0.3 is 0 Å². The molecule has 0 fully saturated rings. The van der Waals surface area contributed by atoms with E-state index in [-0.39, 0.29) is 0 Å². The molecule has 0 amide bonds. The molecule has 0 aliphatic heterocycles. The topological polar surface area (TPSA) is 40.5 Å². The summed E-state index contributed by atoms with van der Waals surface area (Å²) in [7, 11) is 0. The molecular weight excluding hydrogens is 128 g/mol. The molecule has 60 valence electrons. The van der Waals surface area contributed by atoms with Crippen molar-refractivity contribution in [1.82, 2.24) is 0 Å². The smallest absolute Gasteiger partial charge is 0.0799 e. The normalized spacial score (nSPS) is 17.6. The molecule has 0 saturated carbocycles. The highest BCUT2D eigenvalue weighted by molar-refractivity contribution is 4.78. The maximum absolute atomic E-state index is 9.07. The third-order valence-electron chi connectivity index (χ3n) is 1.42. The molecule has 0 saturated heterocycles. The first-order valence-electron chi connectivity index (χ1n) is 3.65. The van der Waals surface area contributed by atoms with Crippen LogP contribution in [0.1, 0.15) is 26.7 Å². The van der Waals surface area contributed by atoms with Gasteiger partial charge in [-0.1, -0.05) is 12.2 Å². The second kappa shape index (κ2) is 5.45. The first kappa shape index (κ1) is 9.66. The fourth-order valence-electron chi connectivity index (χ4n) is 0.675. The zero-order chi connectivity index (χ0) is 7.98. The van der Waals surface area contributed by atoms with Gasteiger partial charge in [-0.2, -0.15) is 0 Å². The van der Waals surface area contributed by atoms with E-state index in [0.29, 0.717) is 6.42 Å². The van der Waals surface area contributed by atoms with Gasteiger partial charge in [-0.3, -0.25) is 0 Å². The maximum atomic E-state index is 9.07. The van der Waals surface area contributed by atoms with E-state index < -0.39 is 12.2 Å². The Bertz CT molecular complexity index is 97.4. The molecule has 0 aromatic rings. The van der Waals surface area contributed by atoms with E-state index >= 15 is 0 Å². The van der Waals surface area contributed by atoms with E-state index in [0.717, 1.165) is 6.42 Å². The molecule has 0 aromatic carbocycles. The Balaban J connectivity index is 3.30. The average Bonchev–Trinajstić information content (AvgIpc) is 1.88. The van der Waals surface area contributed by atoms with Crippen molar-refractivity contribution in [2.45, 2.75) is 38.9 Å². The van der Waals surface area contributed by atoms with Gasteiger partial charge in [0.1, 0.15) is 0 Å². The number of hydrogen-bond donors (Lipinski definition) is 2. The largest absolute Gasteiger partial charge is 0.391 e. The van der Waals surface area contributed by atoms with Crippen LogP contribution in [0.3, 0.4) is 0 Å². The lowest BCUT2D eigenvalue weighted by atomic mass is 10.1. The van der Waals surface area contributed by atoms with Crippen molar-refractivity contribution < 1.29 is 10.2 Å². The van der Waals surface area contributed by atoms with Crippen molar-refractivity contribution >= 4 is 0 Å². The number of aliphatic hydroxyl groups is 2. The molecule has 0 rings (SSSR count). The van der Waals surface area contributed by atoms with Gasteiger partial charge in [-0.25, -0.2) is 0 Å². The summed E-state index contributed by atoms with van der Waals surface area (Å²) in [6.45, 7) is 3.54. The van der Waals surface area contributed by atoms with Crippen LogP contribution in [-0.4, -0.2) is 22.4 Å². The molecule has 10 heavy (non-hydrogen) atoms. The molecule has 0 aromatic heterocycles. The molecule has 2 nitrogen and oxygen atoms in total. The van der Waals surface area contributed by atoms with Crippen molar-refractivity contribution in [3.63, 3.8) is 0 Å². The highest BCUT2D eigenvalue weighted by atomic mass is 16.3. The first-order chi connectivity index (χ1) is 4.68. The van der Waals surface area contributed by atoms with Crippen LogP contribution in [0, 0.1) is 0 Å². The Morgan fingerprint density at radius 1 is 1.40 bits per heavy atom. The second-order valence-corrected chi connectivity index (χ2v) is 2.45. The van der Waals surface area contributed by atoms with Crippen molar-refractivity contribution in [2.24, 2.45) is 0 Å². The zero-order valence-electron chi connectivity index (χ0n) is 6.62. The maximum Gasteiger partial charge on any atom is 0.0799 e. The van der Waals surface area contributed by atoms with Gasteiger partial charge in [-0.05, 0) is 26.7 Å². The minimum atomic E-state index is -0.606. The van der Waals surface area contributed by atoms with Gasteiger partial charge in [0.2, 0.25) is 0 Å². The first-order valence-corrected chi connectivity index (χ1v) is 3.65. The van der Waals surface area contributed by atoms with Crippen molar-refractivity contribution in [2.75, 3.05) is 0 Å². The van der Waals surface area contributed by atoms with Crippen LogP contribution >= 0.6 is 0 Å². The summed E-state index contributed by atoms with van der Waals surface area (Å²) in [5.41, 5.74) is 0. The lowest BCUT2D eigenvalue weighted by molar-refractivity contribution is 0.0269. The minimum absolute atomic E-state index is 0.573. The molecule has 0 bridgehead atoms. The minimum Gasteiger partial charge on any atom is -0.391 e. The summed E-state index contributed by atoms with van der Waals surface area (Å²) in [6, 6.07) is 0. The van der Waals surface area contributed by atoms with Crippen molar-refractivity contribution in [1.29, 1.82) is 0 Å². The van der Waals surface area contributed by atoms with Gasteiger partial charge in [0, 0.05) is 0 Å². The van der Waals surface area contributed by atoms with Crippen molar-refractivity contribution in [3.8, 4) is 0 Å². The van der Waals surface area contributed by atoms with E-state index in [1.807, 2.05) is 19.1 Å². The third kappa shape index (κ3) is 4.53. The Kier molecular flexibility index (Phi) is 5.26. The highest BCUT2D eigenvalue weighted by Crippen LogP contribution is 2.01. The standard InChI is InChI=1S/C8H16O2/c1-3-4-5-6-8(10)7(2)9/h3-4,7-10H,5-6H2,1-2H3/b4-3+. The SMILES string of the molecule is C/C=C/CCC(O)C(C)O. The Labute approximate surface area is 62.2 Å². The lowest BCUT2D eigenvalue weighted by Crippen LogP contribution is -2.21. The second-order valence-electron chi connectivity index (χ2n) is 2.45. The molecule has 0 radical (unpaired) electrons. The molecule has 0 aliphatic carbocycles. The number of rotatable bonds is 4. The van der Waals surface area contributed by atoms with Crippen LogP contribution in [0.4, 0.5) is 0 Å². The van der Waals surface area contributed by atoms with Crippen LogP contribution in [0.5, 0.6) is 0 Å². The molecule has 0 heterocycles. The van der Waals surface area contributed by atoms with E-state index in [1.165, 1.54) is 0 Å². The summed E-state index contributed by atoms with van der Waals surface area (Å²) in [5, 5.41) is 17.9. The number of hydrogen-bond acceptors (Lipinski definition) is 2. The summed E-state index contributed by atoms with van der Waals surface area (Å²) in [4.78, 5) is 0.